The Labute approximate surface area is 292 Å². The number of rotatable bonds is 28. The number of carbonyl (C=O) groups is 1. The van der Waals surface area contributed by atoms with Gasteiger partial charge in [-0.15, -0.1) is 0 Å². The average molecular weight is 689 g/mol. The molecule has 1 aromatic heterocycles. The second-order valence-corrected chi connectivity index (χ2v) is 15.1. The molecule has 0 saturated heterocycles. The van der Waals surface area contributed by atoms with Gasteiger partial charge in [0.1, 0.15) is 18.1 Å². The zero-order valence-corrected chi connectivity index (χ0v) is 31.8. The monoisotopic (exact) mass is 688 g/mol. The van der Waals surface area contributed by atoms with Gasteiger partial charge in [-0.05, 0) is 64.7 Å². The Hall–Kier alpha value is -2.41. The van der Waals surface area contributed by atoms with E-state index in [0.717, 1.165) is 46.7 Å². The molecule has 0 unspecified atom stereocenters. The molecule has 9 heteroatoms. The highest BCUT2D eigenvalue weighted by Gasteiger charge is 2.26. The minimum atomic E-state index is -3.22. The molecule has 1 aromatic carbocycles. The number of aromatic nitrogens is 1. The third kappa shape index (κ3) is 16.8. The van der Waals surface area contributed by atoms with Gasteiger partial charge in [0.05, 0.1) is 32.2 Å². The quantitative estimate of drug-likeness (QED) is 0.0702. The molecule has 272 valence electrons. The molecule has 1 atom stereocenters. The maximum atomic E-state index is 13.2. The molecule has 2 rings (SSSR count). The lowest BCUT2D eigenvalue weighted by molar-refractivity contribution is -0.121. The van der Waals surface area contributed by atoms with Crippen molar-refractivity contribution >= 4 is 13.5 Å². The molecule has 0 saturated carbocycles. The lowest BCUT2D eigenvalue weighted by Crippen LogP contribution is -2.37. The summed E-state index contributed by atoms with van der Waals surface area (Å²) < 4.78 is 35.8. The average Bonchev–Trinajstić information content (AvgIpc) is 3.06. The summed E-state index contributed by atoms with van der Waals surface area (Å²) in [6, 6.07) is 7.72. The Morgan fingerprint density at radius 1 is 0.833 bits per heavy atom. The van der Waals surface area contributed by atoms with E-state index in [-0.39, 0.29) is 18.1 Å². The van der Waals surface area contributed by atoms with E-state index >= 15 is 0 Å². The minimum Gasteiger partial charge on any atom is -0.496 e. The second kappa shape index (κ2) is 24.7. The van der Waals surface area contributed by atoms with Crippen molar-refractivity contribution in [3.8, 4) is 11.5 Å². The van der Waals surface area contributed by atoms with Crippen molar-refractivity contribution in [2.75, 3.05) is 26.5 Å². The van der Waals surface area contributed by atoms with E-state index in [0.29, 0.717) is 39.1 Å². The molecular weight excluding hydrogens is 623 g/mol. The molecule has 0 bridgehead atoms. The number of nitrogens with one attached hydrogen (secondary N) is 1. The van der Waals surface area contributed by atoms with E-state index < -0.39 is 7.60 Å². The number of carbonyl (C=O) groups excluding carboxylic acids is 1. The summed E-state index contributed by atoms with van der Waals surface area (Å²) in [5.74, 6) is 1.61. The number of aryl methyl sites for hydroxylation is 1. The molecule has 8 nitrogen and oxygen atoms in total. The largest absolute Gasteiger partial charge is 0.496 e. The fourth-order valence-corrected chi connectivity index (χ4v) is 7.82. The predicted octanol–water partition coefficient (Wildman–Crippen LogP) is 10.5. The summed E-state index contributed by atoms with van der Waals surface area (Å²) in [5, 5.41) is 3.23. The summed E-state index contributed by atoms with van der Waals surface area (Å²) in [4.78, 5) is 17.5. The first-order valence-corrected chi connectivity index (χ1v) is 20.4. The fraction of sp³-hybridized carbons (Fsp3) is 0.692. The first kappa shape index (κ1) is 41.8. The van der Waals surface area contributed by atoms with Crippen LogP contribution in [0.3, 0.4) is 0 Å². The van der Waals surface area contributed by atoms with Crippen LogP contribution >= 0.6 is 7.60 Å². The molecule has 1 heterocycles. The van der Waals surface area contributed by atoms with Gasteiger partial charge in [-0.2, -0.15) is 0 Å². The minimum absolute atomic E-state index is 0.0436. The van der Waals surface area contributed by atoms with Crippen molar-refractivity contribution in [2.24, 2.45) is 0 Å². The van der Waals surface area contributed by atoms with Crippen LogP contribution in [-0.4, -0.2) is 43.4 Å². The van der Waals surface area contributed by atoms with Gasteiger partial charge in [0.15, 0.2) is 0 Å². The Bertz CT molecular complexity index is 1200. The highest BCUT2D eigenvalue weighted by molar-refractivity contribution is 7.53. The van der Waals surface area contributed by atoms with Crippen LogP contribution in [0.5, 0.6) is 11.5 Å². The van der Waals surface area contributed by atoms with E-state index in [2.05, 4.69) is 17.2 Å². The van der Waals surface area contributed by atoms with Crippen molar-refractivity contribution in [1.82, 2.24) is 10.3 Å². The van der Waals surface area contributed by atoms with Crippen LogP contribution in [-0.2, 0) is 31.4 Å². The van der Waals surface area contributed by atoms with Crippen molar-refractivity contribution in [3.05, 3.63) is 52.8 Å². The van der Waals surface area contributed by atoms with Crippen molar-refractivity contribution in [2.45, 2.75) is 150 Å². The number of ether oxygens (including phenoxy) is 2. The highest BCUT2D eigenvalue weighted by atomic mass is 31.2. The molecule has 0 aliphatic heterocycles. The van der Waals surface area contributed by atoms with Crippen molar-refractivity contribution < 1.29 is 27.9 Å². The van der Waals surface area contributed by atoms with Gasteiger partial charge in [0, 0.05) is 29.8 Å². The zero-order valence-electron chi connectivity index (χ0n) is 31.0. The van der Waals surface area contributed by atoms with E-state index in [4.69, 9.17) is 18.5 Å². The molecule has 1 amide bonds. The van der Waals surface area contributed by atoms with Crippen LogP contribution in [0.4, 0.5) is 0 Å². The van der Waals surface area contributed by atoms with Gasteiger partial charge < -0.3 is 23.8 Å². The smallest absolute Gasteiger partial charge is 0.330 e. The summed E-state index contributed by atoms with van der Waals surface area (Å²) in [6.45, 7) is 10.8. The number of methoxy groups -OCH3 is 1. The van der Waals surface area contributed by atoms with Crippen molar-refractivity contribution in [1.29, 1.82) is 0 Å². The van der Waals surface area contributed by atoms with E-state index in [1.165, 1.54) is 70.6 Å². The highest BCUT2D eigenvalue weighted by Crippen LogP contribution is 2.48. The first-order valence-electron chi connectivity index (χ1n) is 18.6. The lowest BCUT2D eigenvalue weighted by atomic mass is 10.0. The molecule has 2 aromatic rings. The summed E-state index contributed by atoms with van der Waals surface area (Å²) in [5.41, 5.74) is 3.86. The number of unbranched alkanes of at least 4 members (excludes halogenated alkanes) is 12. The Balaban J connectivity index is 1.85. The standard InChI is InChI=1S/C39H65N2O6P/c1-7-10-11-12-13-14-15-16-17-18-19-20-21-22-38(42)41-35(27-28-48(43,46-8-2)47-9-3)29-34-23-25-36(26-24-34)45-31-37-33(5)39(44-6)32(4)30-40-37/h23-26,30,35H,7-22,27-29,31H2,1-6H3,(H,41,42)/t35-/m0/s1. The molecule has 0 spiro atoms. The molecule has 0 aliphatic rings. The molecule has 0 fully saturated rings. The fourth-order valence-electron chi connectivity index (χ4n) is 6.08. The maximum absolute atomic E-state index is 13.2. The molecule has 0 aliphatic carbocycles. The number of benzene rings is 1. The first-order chi connectivity index (χ1) is 23.2. The van der Waals surface area contributed by atoms with Crippen LogP contribution in [0.2, 0.25) is 0 Å². The van der Waals surface area contributed by atoms with Gasteiger partial charge in [0.2, 0.25) is 5.91 Å². The van der Waals surface area contributed by atoms with Crippen LogP contribution in [0.15, 0.2) is 30.5 Å². The van der Waals surface area contributed by atoms with E-state index in [1.54, 1.807) is 13.3 Å². The normalized spacial score (nSPS) is 12.2. The third-order valence-corrected chi connectivity index (χ3v) is 10.9. The Morgan fingerprint density at radius 3 is 1.94 bits per heavy atom. The summed E-state index contributed by atoms with van der Waals surface area (Å²) in [7, 11) is -1.55. The second-order valence-electron chi connectivity index (χ2n) is 12.9. The number of amides is 1. The lowest BCUT2D eigenvalue weighted by Gasteiger charge is -2.22. The molecule has 0 radical (unpaired) electrons. The number of hydrogen-bond donors (Lipinski definition) is 1. The van der Waals surface area contributed by atoms with E-state index in [9.17, 15) is 9.36 Å². The molecule has 1 N–H and O–H groups in total. The van der Waals surface area contributed by atoms with Gasteiger partial charge in [-0.3, -0.25) is 14.3 Å². The third-order valence-electron chi connectivity index (χ3n) is 8.81. The Kier molecular flexibility index (Phi) is 21.5. The maximum Gasteiger partial charge on any atom is 0.330 e. The van der Waals surface area contributed by atoms with Crippen LogP contribution in [0.25, 0.3) is 0 Å². The molecular formula is C39H65N2O6P. The van der Waals surface area contributed by atoms with Crippen LogP contribution in [0.1, 0.15) is 139 Å². The van der Waals surface area contributed by atoms with Gasteiger partial charge in [0.25, 0.3) is 0 Å². The topological polar surface area (TPSA) is 96.0 Å². The summed E-state index contributed by atoms with van der Waals surface area (Å²) in [6.07, 6.45) is 20.3. The number of pyridine rings is 1. The summed E-state index contributed by atoms with van der Waals surface area (Å²) >= 11 is 0. The van der Waals surface area contributed by atoms with Gasteiger partial charge in [-0.25, -0.2) is 0 Å². The Morgan fingerprint density at radius 2 is 1.40 bits per heavy atom. The van der Waals surface area contributed by atoms with Crippen molar-refractivity contribution in [3.63, 3.8) is 0 Å². The van der Waals surface area contributed by atoms with Gasteiger partial charge in [-0.1, -0.05) is 96.1 Å². The van der Waals surface area contributed by atoms with Gasteiger partial charge >= 0.3 is 7.60 Å². The SMILES string of the molecule is CCCCCCCCCCCCCCCC(=O)N[C@@H](CCP(=O)(OCC)OCC)Cc1ccc(OCc2ncc(C)c(OC)c2C)cc1. The van der Waals surface area contributed by atoms with Crippen LogP contribution in [0, 0.1) is 13.8 Å². The molecule has 48 heavy (non-hydrogen) atoms. The zero-order chi connectivity index (χ0) is 35.0. The number of hydrogen-bond acceptors (Lipinski definition) is 7. The number of nitrogens with zero attached hydrogens (tertiary/aromatic N) is 1. The van der Waals surface area contributed by atoms with E-state index in [1.807, 2.05) is 52.0 Å². The predicted molar refractivity (Wildman–Crippen MR) is 197 cm³/mol. The van der Waals surface area contributed by atoms with Crippen LogP contribution < -0.4 is 14.8 Å².